The second-order valence-electron chi connectivity index (χ2n) is 8.23. The number of rotatable bonds is 9. The standard InChI is InChI=1S/C28H26N6O2/c29-26-25(24(33-28(30)34-26)18-35-17-20-4-2-1-3-5-20)21-10-12-23(13-11-21)32-16-19-6-8-22(9-7-19)27-31-14-15-36-27/h1-15,32H,16-18H2,(H4,29,30,33,34). The molecule has 0 saturated carbocycles. The lowest BCUT2D eigenvalue weighted by Gasteiger charge is -2.14. The molecule has 5 rings (SSSR count). The van der Waals surface area contributed by atoms with Gasteiger partial charge in [0.25, 0.3) is 0 Å². The van der Waals surface area contributed by atoms with Crippen molar-refractivity contribution in [1.29, 1.82) is 0 Å². The minimum atomic E-state index is 0.127. The number of nitrogens with zero attached hydrogens (tertiary/aromatic N) is 3. The third kappa shape index (κ3) is 5.51. The highest BCUT2D eigenvalue weighted by Crippen LogP contribution is 2.30. The predicted octanol–water partition coefficient (Wildman–Crippen LogP) is 5.29. The Kier molecular flexibility index (Phi) is 6.86. The zero-order chi connectivity index (χ0) is 24.7. The van der Waals surface area contributed by atoms with Crippen LogP contribution in [0.4, 0.5) is 17.5 Å². The lowest BCUT2D eigenvalue weighted by Crippen LogP contribution is -2.08. The lowest BCUT2D eigenvalue weighted by atomic mass is 10.0. The molecule has 0 aliphatic carbocycles. The molecule has 36 heavy (non-hydrogen) atoms. The first-order chi connectivity index (χ1) is 17.7. The summed E-state index contributed by atoms with van der Waals surface area (Å²) in [6.07, 6.45) is 3.21. The lowest BCUT2D eigenvalue weighted by molar-refractivity contribution is 0.105. The third-order valence-electron chi connectivity index (χ3n) is 5.68. The first kappa shape index (κ1) is 23.1. The van der Waals surface area contributed by atoms with Gasteiger partial charge in [-0.25, -0.2) is 9.97 Å². The molecule has 0 spiro atoms. The van der Waals surface area contributed by atoms with Crippen molar-refractivity contribution >= 4 is 17.5 Å². The second-order valence-corrected chi connectivity index (χ2v) is 8.23. The van der Waals surface area contributed by atoms with Crippen molar-refractivity contribution in [2.45, 2.75) is 19.8 Å². The van der Waals surface area contributed by atoms with E-state index in [0.29, 0.717) is 30.6 Å². The average molecular weight is 479 g/mol. The molecular formula is C28H26N6O2. The molecule has 8 heteroatoms. The monoisotopic (exact) mass is 478 g/mol. The van der Waals surface area contributed by atoms with Gasteiger partial charge in [-0.1, -0.05) is 54.6 Å². The van der Waals surface area contributed by atoms with Crippen LogP contribution in [-0.2, 0) is 24.5 Å². The van der Waals surface area contributed by atoms with Gasteiger partial charge in [0.2, 0.25) is 11.8 Å². The minimum Gasteiger partial charge on any atom is -0.445 e. The van der Waals surface area contributed by atoms with Gasteiger partial charge in [-0.15, -0.1) is 0 Å². The van der Waals surface area contributed by atoms with E-state index >= 15 is 0 Å². The zero-order valence-electron chi connectivity index (χ0n) is 19.6. The van der Waals surface area contributed by atoms with Gasteiger partial charge in [0, 0.05) is 23.4 Å². The van der Waals surface area contributed by atoms with Crippen LogP contribution in [0, 0.1) is 0 Å². The van der Waals surface area contributed by atoms with E-state index in [9.17, 15) is 0 Å². The van der Waals surface area contributed by atoms with E-state index in [1.807, 2.05) is 66.7 Å². The molecule has 5 N–H and O–H groups in total. The first-order valence-electron chi connectivity index (χ1n) is 11.5. The molecule has 0 aliphatic rings. The number of nitrogens with two attached hydrogens (primary N) is 2. The van der Waals surface area contributed by atoms with Gasteiger partial charge in [-0.05, 0) is 41.0 Å². The fourth-order valence-corrected chi connectivity index (χ4v) is 3.90. The maximum atomic E-state index is 6.24. The molecule has 0 fully saturated rings. The van der Waals surface area contributed by atoms with Crippen LogP contribution in [-0.4, -0.2) is 15.0 Å². The van der Waals surface area contributed by atoms with E-state index in [1.54, 1.807) is 12.5 Å². The van der Waals surface area contributed by atoms with Gasteiger partial charge < -0.3 is 25.9 Å². The quantitative estimate of drug-likeness (QED) is 0.261. The van der Waals surface area contributed by atoms with E-state index in [-0.39, 0.29) is 12.6 Å². The van der Waals surface area contributed by atoms with Gasteiger partial charge in [0.15, 0.2) is 0 Å². The van der Waals surface area contributed by atoms with Crippen LogP contribution in [0.1, 0.15) is 16.8 Å². The number of anilines is 3. The molecule has 180 valence electrons. The van der Waals surface area contributed by atoms with E-state index in [1.165, 1.54) is 0 Å². The highest BCUT2D eigenvalue weighted by Gasteiger charge is 2.14. The van der Waals surface area contributed by atoms with Gasteiger partial charge in [-0.3, -0.25) is 0 Å². The summed E-state index contributed by atoms with van der Waals surface area (Å²) in [6, 6.07) is 26.0. The van der Waals surface area contributed by atoms with Gasteiger partial charge in [-0.2, -0.15) is 4.98 Å². The van der Waals surface area contributed by atoms with Gasteiger partial charge in [0.05, 0.1) is 25.1 Å². The van der Waals surface area contributed by atoms with Crippen molar-refractivity contribution in [2.75, 3.05) is 16.8 Å². The minimum absolute atomic E-state index is 0.127. The Morgan fingerprint density at radius 2 is 1.53 bits per heavy atom. The molecule has 5 aromatic rings. The highest BCUT2D eigenvalue weighted by molar-refractivity contribution is 5.77. The zero-order valence-corrected chi connectivity index (χ0v) is 19.6. The van der Waals surface area contributed by atoms with Crippen LogP contribution in [0.2, 0.25) is 0 Å². The van der Waals surface area contributed by atoms with Crippen molar-refractivity contribution in [3.8, 4) is 22.6 Å². The van der Waals surface area contributed by atoms with Crippen molar-refractivity contribution < 1.29 is 9.15 Å². The fourth-order valence-electron chi connectivity index (χ4n) is 3.90. The topological polar surface area (TPSA) is 125 Å². The van der Waals surface area contributed by atoms with E-state index < -0.39 is 0 Å². The predicted molar refractivity (Wildman–Crippen MR) is 140 cm³/mol. The summed E-state index contributed by atoms with van der Waals surface area (Å²) in [5.41, 5.74) is 18.5. The van der Waals surface area contributed by atoms with Crippen molar-refractivity contribution in [2.24, 2.45) is 0 Å². The Morgan fingerprint density at radius 1 is 0.778 bits per heavy atom. The summed E-state index contributed by atoms with van der Waals surface area (Å²) in [4.78, 5) is 12.7. The van der Waals surface area contributed by atoms with Gasteiger partial charge >= 0.3 is 0 Å². The highest BCUT2D eigenvalue weighted by atomic mass is 16.5. The number of benzene rings is 3. The van der Waals surface area contributed by atoms with Crippen LogP contribution in [0.15, 0.2) is 95.7 Å². The maximum absolute atomic E-state index is 6.24. The summed E-state index contributed by atoms with van der Waals surface area (Å²) in [5.74, 6) is 1.07. The fraction of sp³-hybridized carbons (Fsp3) is 0.107. The van der Waals surface area contributed by atoms with E-state index in [4.69, 9.17) is 20.6 Å². The average Bonchev–Trinajstić information content (AvgIpc) is 3.44. The molecular weight excluding hydrogens is 452 g/mol. The SMILES string of the molecule is Nc1nc(N)c(-c2ccc(NCc3ccc(-c4ncco4)cc3)cc2)c(COCc2ccccc2)n1. The number of aromatic nitrogens is 3. The molecule has 0 bridgehead atoms. The third-order valence-corrected chi connectivity index (χ3v) is 5.68. The molecule has 2 aromatic heterocycles. The number of hydrogen-bond donors (Lipinski definition) is 3. The summed E-state index contributed by atoms with van der Waals surface area (Å²) in [5, 5.41) is 3.44. The number of nitrogen functional groups attached to an aromatic ring is 2. The summed E-state index contributed by atoms with van der Waals surface area (Å²) < 4.78 is 11.2. The number of oxazole rings is 1. The molecule has 3 aromatic carbocycles. The number of ether oxygens (including phenoxy) is 1. The molecule has 0 saturated heterocycles. The molecule has 0 radical (unpaired) electrons. The normalized spacial score (nSPS) is 10.9. The largest absolute Gasteiger partial charge is 0.445 e. The molecule has 0 atom stereocenters. The smallest absolute Gasteiger partial charge is 0.225 e. The molecule has 2 heterocycles. The Labute approximate surface area is 209 Å². The number of hydrogen-bond acceptors (Lipinski definition) is 8. The maximum Gasteiger partial charge on any atom is 0.225 e. The van der Waals surface area contributed by atoms with Crippen LogP contribution in [0.3, 0.4) is 0 Å². The van der Waals surface area contributed by atoms with Crippen molar-refractivity contribution in [1.82, 2.24) is 15.0 Å². The van der Waals surface area contributed by atoms with Crippen molar-refractivity contribution in [3.05, 3.63) is 108 Å². The Bertz CT molecular complexity index is 1400. The number of nitrogens with one attached hydrogen (secondary N) is 1. The summed E-state index contributed by atoms with van der Waals surface area (Å²) in [6.45, 7) is 1.41. The molecule has 0 unspecified atom stereocenters. The summed E-state index contributed by atoms with van der Waals surface area (Å²) in [7, 11) is 0. The van der Waals surface area contributed by atoms with Gasteiger partial charge in [0.1, 0.15) is 12.1 Å². The Morgan fingerprint density at radius 3 is 2.25 bits per heavy atom. The molecule has 0 amide bonds. The Hall–Kier alpha value is -4.69. The van der Waals surface area contributed by atoms with Crippen LogP contribution in [0.5, 0.6) is 0 Å². The molecule has 0 aliphatic heterocycles. The van der Waals surface area contributed by atoms with Crippen LogP contribution >= 0.6 is 0 Å². The van der Waals surface area contributed by atoms with E-state index in [2.05, 4.69) is 32.4 Å². The molecule has 8 nitrogen and oxygen atoms in total. The van der Waals surface area contributed by atoms with Crippen molar-refractivity contribution in [3.63, 3.8) is 0 Å². The second kappa shape index (κ2) is 10.7. The summed E-state index contributed by atoms with van der Waals surface area (Å²) >= 11 is 0. The van der Waals surface area contributed by atoms with Crippen LogP contribution < -0.4 is 16.8 Å². The van der Waals surface area contributed by atoms with Crippen LogP contribution in [0.25, 0.3) is 22.6 Å². The Balaban J connectivity index is 1.25. The first-order valence-corrected chi connectivity index (χ1v) is 11.5. The van der Waals surface area contributed by atoms with E-state index in [0.717, 1.165) is 33.5 Å².